The molecule has 3 aromatic carbocycles. The monoisotopic (exact) mass is 669 g/mol. The molecule has 0 radical (unpaired) electrons. The minimum absolute atomic E-state index is 0.0831. The molecule has 13 nitrogen and oxygen atoms in total. The minimum Gasteiger partial charge on any atom is -0.497 e. The van der Waals surface area contributed by atoms with Gasteiger partial charge in [0.1, 0.15) is 17.6 Å². The van der Waals surface area contributed by atoms with E-state index in [4.69, 9.17) is 35.3 Å². The number of alkyl halides is 3. The SMILES string of the molecule is CCOc1cc(C(Nc2ccc(C(=N)N)cc2)C(=O)NNS(=O)(=O)c2cccc(OC)c2)ccc1OC(C)C.O=C(O)C(F)(F)F. The van der Waals surface area contributed by atoms with Crippen molar-refractivity contribution in [1.29, 1.82) is 5.41 Å². The van der Waals surface area contributed by atoms with Gasteiger partial charge in [-0.1, -0.05) is 12.1 Å². The van der Waals surface area contributed by atoms with E-state index < -0.39 is 34.1 Å². The third-order valence-corrected chi connectivity index (χ3v) is 6.88. The number of nitrogens with two attached hydrogens (primary N) is 1. The Bertz CT molecular complexity index is 1620. The van der Waals surface area contributed by atoms with Gasteiger partial charge in [-0.15, -0.1) is 4.83 Å². The van der Waals surface area contributed by atoms with Crippen LogP contribution in [0.15, 0.2) is 71.6 Å². The molecule has 0 saturated heterocycles. The second-order valence-corrected chi connectivity index (χ2v) is 11.1. The zero-order valence-electron chi connectivity index (χ0n) is 25.1. The summed E-state index contributed by atoms with van der Waals surface area (Å²) in [6.07, 6.45) is -5.18. The largest absolute Gasteiger partial charge is 0.497 e. The number of methoxy groups -OCH3 is 1. The van der Waals surface area contributed by atoms with Gasteiger partial charge in [-0.3, -0.25) is 15.6 Å². The maximum absolute atomic E-state index is 13.4. The molecule has 1 unspecified atom stereocenters. The summed E-state index contributed by atoms with van der Waals surface area (Å²) in [4.78, 5) is 24.4. The van der Waals surface area contributed by atoms with Crippen LogP contribution >= 0.6 is 0 Å². The fourth-order valence-corrected chi connectivity index (χ4v) is 4.44. The van der Waals surface area contributed by atoms with Crippen molar-refractivity contribution in [2.75, 3.05) is 19.0 Å². The first kappa shape index (κ1) is 37.2. The smallest absolute Gasteiger partial charge is 0.490 e. The number of carboxylic acids is 1. The number of carbonyl (C=O) groups is 2. The van der Waals surface area contributed by atoms with E-state index in [0.29, 0.717) is 40.7 Å². The molecule has 0 heterocycles. The van der Waals surface area contributed by atoms with Crippen LogP contribution in [0.25, 0.3) is 0 Å². The van der Waals surface area contributed by atoms with E-state index in [1.54, 1.807) is 48.5 Å². The predicted octanol–water partition coefficient (Wildman–Crippen LogP) is 3.96. The van der Waals surface area contributed by atoms with E-state index in [1.807, 2.05) is 20.8 Å². The number of carbonyl (C=O) groups excluding carboxylic acids is 1. The lowest BCUT2D eigenvalue weighted by molar-refractivity contribution is -0.192. The molecule has 3 rings (SSSR count). The molecular formula is C29H34F3N5O8S. The lowest BCUT2D eigenvalue weighted by atomic mass is 10.0. The second-order valence-electron chi connectivity index (χ2n) is 9.45. The first-order valence-electron chi connectivity index (χ1n) is 13.4. The summed E-state index contributed by atoms with van der Waals surface area (Å²) in [7, 11) is -2.68. The fraction of sp³-hybridized carbons (Fsp3) is 0.276. The molecule has 1 atom stereocenters. The average molecular weight is 670 g/mol. The van der Waals surface area contributed by atoms with Crippen molar-refractivity contribution in [3.63, 3.8) is 0 Å². The number of hydrogen-bond acceptors (Lipinski definition) is 9. The van der Waals surface area contributed by atoms with Gasteiger partial charge in [0, 0.05) is 17.3 Å². The summed E-state index contributed by atoms with van der Waals surface area (Å²) in [5.41, 5.74) is 9.39. The molecule has 0 aliphatic rings. The molecule has 250 valence electrons. The van der Waals surface area contributed by atoms with Crippen molar-refractivity contribution in [3.05, 3.63) is 77.9 Å². The van der Waals surface area contributed by atoms with Crippen molar-refractivity contribution < 1.29 is 50.5 Å². The Morgan fingerprint density at radius 3 is 2.17 bits per heavy atom. The molecule has 1 amide bonds. The van der Waals surface area contributed by atoms with E-state index in [2.05, 4.69) is 15.6 Å². The first-order valence-corrected chi connectivity index (χ1v) is 14.9. The Morgan fingerprint density at radius 2 is 1.65 bits per heavy atom. The van der Waals surface area contributed by atoms with Crippen molar-refractivity contribution in [1.82, 2.24) is 10.3 Å². The highest BCUT2D eigenvalue weighted by molar-refractivity contribution is 7.89. The standard InChI is InChI=1S/C27H33N5O6S.C2HF3O2/c1-5-37-24-15-19(11-14-23(24)38-17(2)3)25(30-20-12-9-18(10-13-20)26(28)29)27(33)31-32-39(34,35)22-8-6-7-21(16-22)36-4;3-2(4,5)1(6)7/h6-17,25,30,32H,5H2,1-4H3,(H3,28,29)(H,31,33);(H,6,7). The average Bonchev–Trinajstić information content (AvgIpc) is 2.99. The number of rotatable bonds is 13. The summed E-state index contributed by atoms with van der Waals surface area (Å²) in [6, 6.07) is 16.5. The number of halogens is 3. The summed E-state index contributed by atoms with van der Waals surface area (Å²) >= 11 is 0. The zero-order valence-corrected chi connectivity index (χ0v) is 26.0. The number of nitrogens with one attached hydrogen (secondary N) is 4. The van der Waals surface area contributed by atoms with Crippen molar-refractivity contribution in [2.45, 2.75) is 44.0 Å². The molecule has 0 saturated carbocycles. The number of amidine groups is 1. The first-order chi connectivity index (χ1) is 21.5. The number of anilines is 1. The van der Waals surface area contributed by atoms with Gasteiger partial charge in [0.15, 0.2) is 11.5 Å². The van der Waals surface area contributed by atoms with Crippen LogP contribution in [0.2, 0.25) is 0 Å². The molecule has 0 fully saturated rings. The van der Waals surface area contributed by atoms with Crippen LogP contribution in [0.4, 0.5) is 18.9 Å². The van der Waals surface area contributed by atoms with E-state index in [0.717, 1.165) is 0 Å². The van der Waals surface area contributed by atoms with Crippen LogP contribution in [0.3, 0.4) is 0 Å². The van der Waals surface area contributed by atoms with E-state index in [9.17, 15) is 26.4 Å². The summed E-state index contributed by atoms with van der Waals surface area (Å²) in [5, 5.41) is 17.8. The molecule has 0 aliphatic heterocycles. The van der Waals surface area contributed by atoms with Crippen molar-refractivity contribution >= 4 is 33.4 Å². The van der Waals surface area contributed by atoms with Gasteiger partial charge in [0.25, 0.3) is 15.9 Å². The van der Waals surface area contributed by atoms with Gasteiger partial charge in [-0.05, 0) is 74.9 Å². The summed E-state index contributed by atoms with van der Waals surface area (Å²) in [5.74, 6) is -2.23. The third kappa shape index (κ3) is 11.2. The highest BCUT2D eigenvalue weighted by Crippen LogP contribution is 2.33. The lowest BCUT2D eigenvalue weighted by Crippen LogP contribution is -2.45. The minimum atomic E-state index is -5.08. The highest BCUT2D eigenvalue weighted by Gasteiger charge is 2.38. The number of hydrogen-bond donors (Lipinski definition) is 6. The number of ether oxygens (including phenoxy) is 3. The van der Waals surface area contributed by atoms with Crippen LogP contribution < -0.4 is 35.5 Å². The Morgan fingerprint density at radius 1 is 1.02 bits per heavy atom. The zero-order chi connectivity index (χ0) is 34.7. The second kappa shape index (κ2) is 16.3. The number of benzene rings is 3. The van der Waals surface area contributed by atoms with E-state index in [-0.39, 0.29) is 16.8 Å². The Kier molecular flexibility index (Phi) is 13.2. The van der Waals surface area contributed by atoms with Gasteiger partial charge in [-0.2, -0.15) is 13.2 Å². The molecular weight excluding hydrogens is 635 g/mol. The van der Waals surface area contributed by atoms with Gasteiger partial charge in [-0.25, -0.2) is 13.2 Å². The van der Waals surface area contributed by atoms with Crippen LogP contribution in [-0.4, -0.2) is 57.2 Å². The van der Waals surface area contributed by atoms with Gasteiger partial charge in [0.2, 0.25) is 0 Å². The molecule has 0 aromatic heterocycles. The number of carboxylic acid groups (broad SMARTS) is 1. The summed E-state index contributed by atoms with van der Waals surface area (Å²) in [6.45, 7) is 5.98. The van der Waals surface area contributed by atoms with Crippen LogP contribution in [0.5, 0.6) is 17.2 Å². The molecule has 0 spiro atoms. The highest BCUT2D eigenvalue weighted by atomic mass is 32.2. The molecule has 17 heteroatoms. The maximum Gasteiger partial charge on any atom is 0.490 e. The number of aliphatic carboxylic acids is 1. The van der Waals surface area contributed by atoms with E-state index >= 15 is 0 Å². The van der Waals surface area contributed by atoms with Crippen molar-refractivity contribution in [2.24, 2.45) is 5.73 Å². The Labute approximate surface area is 263 Å². The van der Waals surface area contributed by atoms with Crippen molar-refractivity contribution in [3.8, 4) is 17.2 Å². The van der Waals surface area contributed by atoms with Crippen LogP contribution in [0.1, 0.15) is 37.9 Å². The quantitative estimate of drug-likeness (QED) is 0.0879. The van der Waals surface area contributed by atoms with Gasteiger partial charge in [0.05, 0.1) is 24.7 Å². The van der Waals surface area contributed by atoms with Crippen LogP contribution in [-0.2, 0) is 19.6 Å². The number of hydrazine groups is 1. The normalized spacial score (nSPS) is 11.8. The fourth-order valence-electron chi connectivity index (χ4n) is 3.55. The molecule has 3 aromatic rings. The Balaban J connectivity index is 0.000000942. The molecule has 7 N–H and O–H groups in total. The van der Waals surface area contributed by atoms with Gasteiger partial charge < -0.3 is 30.4 Å². The molecule has 0 bridgehead atoms. The van der Waals surface area contributed by atoms with E-state index in [1.165, 1.54) is 25.3 Å². The van der Waals surface area contributed by atoms with Crippen LogP contribution in [0, 0.1) is 5.41 Å². The third-order valence-electron chi connectivity index (χ3n) is 5.64. The predicted molar refractivity (Wildman–Crippen MR) is 162 cm³/mol. The Hall–Kier alpha value is -5.03. The van der Waals surface area contributed by atoms with Gasteiger partial charge >= 0.3 is 12.1 Å². The number of sulfonamides is 1. The molecule has 0 aliphatic carbocycles. The number of nitrogen functional groups attached to an aromatic ring is 1. The summed E-state index contributed by atoms with van der Waals surface area (Å²) < 4.78 is 74.1. The topological polar surface area (TPSA) is 202 Å². The maximum atomic E-state index is 13.4. The number of amides is 1. The molecule has 46 heavy (non-hydrogen) atoms. The lowest BCUT2D eigenvalue weighted by Gasteiger charge is -2.22.